The number of rotatable bonds is 10. The van der Waals surface area contributed by atoms with Crippen LogP contribution in [0.25, 0.3) is 73.4 Å². The van der Waals surface area contributed by atoms with Gasteiger partial charge in [0.1, 0.15) is 0 Å². The van der Waals surface area contributed by atoms with Gasteiger partial charge in [0.15, 0.2) is 0 Å². The first-order valence-corrected chi connectivity index (χ1v) is 31.9. The van der Waals surface area contributed by atoms with E-state index < -0.39 is 10.8 Å². The maximum absolute atomic E-state index is 2.41. The molecule has 4 heteroatoms. The van der Waals surface area contributed by atoms with Crippen molar-refractivity contribution < 1.29 is 0 Å². The number of thiophene rings is 2. The van der Waals surface area contributed by atoms with E-state index in [1.54, 1.807) is 0 Å². The SMILES string of the molecule is c1ccc(N(c2ccc(C3(c4ccccc4)c4ccccc4-c4ccccc43)cc2)c2ccc3c(c2)sc2ccc4c(ccc5sc6cc(N(c7ccccc7)c7ccc(C8(c9ccccc9)c9ccccc9-c9ccccc98)cc7)ccc6c54)c23)cc1. The molecule has 2 aromatic heterocycles. The summed E-state index contributed by atoms with van der Waals surface area (Å²) in [5.74, 6) is 0. The molecule has 16 aromatic rings. The van der Waals surface area contributed by atoms with Crippen LogP contribution in [0.4, 0.5) is 34.1 Å². The van der Waals surface area contributed by atoms with E-state index in [1.165, 1.54) is 118 Å². The van der Waals surface area contributed by atoms with Gasteiger partial charge in [-0.25, -0.2) is 0 Å². The third kappa shape index (κ3) is 7.40. The summed E-state index contributed by atoms with van der Waals surface area (Å²) >= 11 is 3.77. The summed E-state index contributed by atoms with van der Waals surface area (Å²) in [6, 6.07) is 122. The van der Waals surface area contributed by atoms with Gasteiger partial charge in [0.2, 0.25) is 0 Å². The lowest BCUT2D eigenvalue weighted by molar-refractivity contribution is 0.768. The summed E-state index contributed by atoms with van der Waals surface area (Å²) in [5, 5.41) is 7.77. The first kappa shape index (κ1) is 50.7. The van der Waals surface area contributed by atoms with E-state index in [9.17, 15) is 0 Å². The molecule has 88 heavy (non-hydrogen) atoms. The number of hydrogen-bond acceptors (Lipinski definition) is 4. The van der Waals surface area contributed by atoms with E-state index in [2.05, 4.69) is 337 Å². The van der Waals surface area contributed by atoms with Crippen LogP contribution in [0.2, 0.25) is 0 Å². The lowest BCUT2D eigenvalue weighted by atomic mass is 9.68. The van der Waals surface area contributed by atoms with Crippen LogP contribution in [0.3, 0.4) is 0 Å². The summed E-state index contributed by atoms with van der Waals surface area (Å²) in [6.07, 6.45) is 0. The molecular formula is C84H54N2S2. The molecule has 0 fully saturated rings. The number of para-hydroxylation sites is 2. The van der Waals surface area contributed by atoms with Crippen molar-refractivity contribution in [3.8, 4) is 22.3 Å². The number of anilines is 6. The summed E-state index contributed by atoms with van der Waals surface area (Å²) in [6.45, 7) is 0. The van der Waals surface area contributed by atoms with E-state index in [0.717, 1.165) is 34.1 Å². The number of nitrogens with zero attached hydrogens (tertiary/aromatic N) is 2. The van der Waals surface area contributed by atoms with Gasteiger partial charge in [-0.2, -0.15) is 0 Å². The van der Waals surface area contributed by atoms with Crippen LogP contribution >= 0.6 is 22.7 Å². The number of fused-ring (bicyclic) bond motifs is 15. The monoisotopic (exact) mass is 1150 g/mol. The predicted octanol–water partition coefficient (Wildman–Crippen LogP) is 23.2. The topological polar surface area (TPSA) is 6.48 Å². The molecule has 2 aliphatic rings. The Kier molecular flexibility index (Phi) is 11.5. The summed E-state index contributed by atoms with van der Waals surface area (Å²) in [5.41, 5.74) is 21.3. The normalized spacial score (nSPS) is 13.4. The maximum Gasteiger partial charge on any atom is 0.0713 e. The summed E-state index contributed by atoms with van der Waals surface area (Å²) in [4.78, 5) is 4.83. The van der Waals surface area contributed by atoms with Crippen LogP contribution in [-0.4, -0.2) is 0 Å². The number of benzene rings is 14. The first-order valence-electron chi connectivity index (χ1n) is 30.3. The van der Waals surface area contributed by atoms with Crippen LogP contribution < -0.4 is 9.80 Å². The zero-order chi connectivity index (χ0) is 57.9. The minimum absolute atomic E-state index is 0.461. The fourth-order valence-corrected chi connectivity index (χ4v) is 17.7. The van der Waals surface area contributed by atoms with E-state index >= 15 is 0 Å². The second-order valence-electron chi connectivity index (χ2n) is 23.4. The molecular weight excluding hydrogens is 1100 g/mol. The molecule has 2 nitrogen and oxygen atoms in total. The van der Waals surface area contributed by atoms with Crippen molar-refractivity contribution in [3.63, 3.8) is 0 Å². The van der Waals surface area contributed by atoms with Gasteiger partial charge in [-0.05, 0) is 162 Å². The van der Waals surface area contributed by atoms with Gasteiger partial charge in [-0.15, -0.1) is 22.7 Å². The van der Waals surface area contributed by atoms with Gasteiger partial charge < -0.3 is 9.80 Å². The largest absolute Gasteiger partial charge is 0.310 e. The zero-order valence-corrected chi connectivity index (χ0v) is 49.5. The standard InChI is InChI=1S/C84H54N2S2/c1-5-21-55(22-6-1)83(73-33-17-13-29-65(73)66-30-14-18-34-74(66)83)57-37-41-61(42-38-57)85(59-25-9-3-10-26-59)63-45-47-71-79(53-63)87-77-51-49-70-69(81(71)77)50-52-78-82(70)72-48-46-64(54-80(72)88-78)86(60-27-11-4-12-28-60)62-43-39-58(40-44-62)84(56-23-7-2-8-24-56)75-35-19-15-31-67(75)68-32-16-20-36-76(68)84/h1-54H. The molecule has 0 spiro atoms. The minimum atomic E-state index is -0.461. The molecule has 0 saturated heterocycles. The van der Waals surface area contributed by atoms with Crippen LogP contribution in [0.1, 0.15) is 44.5 Å². The highest BCUT2D eigenvalue weighted by Gasteiger charge is 2.47. The van der Waals surface area contributed by atoms with Crippen molar-refractivity contribution >= 4 is 108 Å². The lowest BCUT2D eigenvalue weighted by Crippen LogP contribution is -2.28. The molecule has 0 aliphatic heterocycles. The van der Waals surface area contributed by atoms with Crippen molar-refractivity contribution in [2.24, 2.45) is 0 Å². The van der Waals surface area contributed by atoms with Gasteiger partial charge in [0.25, 0.3) is 0 Å². The van der Waals surface area contributed by atoms with Crippen LogP contribution in [0, 0.1) is 0 Å². The second kappa shape index (κ2) is 20.0. The zero-order valence-electron chi connectivity index (χ0n) is 47.9. The van der Waals surface area contributed by atoms with Gasteiger partial charge in [-0.1, -0.05) is 243 Å². The Labute approximate surface area is 519 Å². The lowest BCUT2D eigenvalue weighted by Gasteiger charge is -2.34. The van der Waals surface area contributed by atoms with Gasteiger partial charge in [-0.3, -0.25) is 0 Å². The Hall–Kier alpha value is -10.6. The van der Waals surface area contributed by atoms with E-state index in [0.29, 0.717) is 0 Å². The van der Waals surface area contributed by atoms with Crippen LogP contribution in [0.15, 0.2) is 328 Å². The highest BCUT2D eigenvalue weighted by Crippen LogP contribution is 2.58. The fraction of sp³-hybridized carbons (Fsp3) is 0.0238. The van der Waals surface area contributed by atoms with E-state index in [1.807, 2.05) is 22.7 Å². The maximum atomic E-state index is 2.41. The van der Waals surface area contributed by atoms with Gasteiger partial charge >= 0.3 is 0 Å². The molecule has 2 heterocycles. The molecule has 18 rings (SSSR count). The smallest absolute Gasteiger partial charge is 0.0713 e. The Bertz CT molecular complexity index is 4950. The molecule has 0 saturated carbocycles. The van der Waals surface area contributed by atoms with Gasteiger partial charge in [0.05, 0.1) is 10.8 Å². The predicted molar refractivity (Wildman–Crippen MR) is 374 cm³/mol. The molecule has 0 radical (unpaired) electrons. The molecule has 0 atom stereocenters. The molecule has 0 amide bonds. The Balaban J connectivity index is 0.721. The highest BCUT2D eigenvalue weighted by atomic mass is 32.1. The van der Waals surface area contributed by atoms with Crippen molar-refractivity contribution in [2.45, 2.75) is 10.8 Å². The minimum Gasteiger partial charge on any atom is -0.310 e. The Morgan fingerprint density at radius 3 is 0.830 bits per heavy atom. The molecule has 14 aromatic carbocycles. The van der Waals surface area contributed by atoms with E-state index in [-0.39, 0.29) is 0 Å². The Morgan fingerprint density at radius 2 is 0.477 bits per heavy atom. The summed E-state index contributed by atoms with van der Waals surface area (Å²) in [7, 11) is 0. The average molecular weight is 1160 g/mol. The third-order valence-electron chi connectivity index (χ3n) is 19.0. The third-order valence-corrected chi connectivity index (χ3v) is 21.2. The fourth-order valence-electron chi connectivity index (χ4n) is 15.4. The molecule has 0 bridgehead atoms. The van der Waals surface area contributed by atoms with Crippen molar-refractivity contribution in [2.75, 3.05) is 9.80 Å². The molecule has 412 valence electrons. The van der Waals surface area contributed by atoms with Crippen LogP contribution in [0.5, 0.6) is 0 Å². The summed E-state index contributed by atoms with van der Waals surface area (Å²) < 4.78 is 5.12. The van der Waals surface area contributed by atoms with Gasteiger partial charge in [0, 0.05) is 74.5 Å². The molecule has 0 N–H and O–H groups in total. The molecule has 2 aliphatic carbocycles. The van der Waals surface area contributed by atoms with Crippen LogP contribution in [-0.2, 0) is 10.8 Å². The van der Waals surface area contributed by atoms with E-state index in [4.69, 9.17) is 0 Å². The van der Waals surface area contributed by atoms with Crippen molar-refractivity contribution in [1.29, 1.82) is 0 Å². The quantitative estimate of drug-likeness (QED) is 0.135. The Morgan fingerprint density at radius 1 is 0.205 bits per heavy atom. The first-order chi connectivity index (χ1) is 43.6. The highest BCUT2D eigenvalue weighted by molar-refractivity contribution is 7.26. The van der Waals surface area contributed by atoms with Crippen molar-refractivity contribution in [1.82, 2.24) is 0 Å². The molecule has 0 unspecified atom stereocenters. The average Bonchev–Trinajstić information content (AvgIpc) is 1.69. The van der Waals surface area contributed by atoms with Crippen molar-refractivity contribution in [3.05, 3.63) is 372 Å². The number of hydrogen-bond donors (Lipinski definition) is 0. The second-order valence-corrected chi connectivity index (χ2v) is 25.6.